The molecule has 0 radical (unpaired) electrons. The summed E-state index contributed by atoms with van der Waals surface area (Å²) in [6, 6.07) is 0. The lowest BCUT2D eigenvalue weighted by atomic mass is 9.76. The van der Waals surface area contributed by atoms with E-state index in [4.69, 9.17) is 9.31 Å². The van der Waals surface area contributed by atoms with Crippen molar-refractivity contribution in [2.75, 3.05) is 0 Å². The molecular formula is C14H23BO2. The second-order valence-electron chi connectivity index (χ2n) is 6.89. The summed E-state index contributed by atoms with van der Waals surface area (Å²) in [5, 5.41) is 0. The fraction of sp³-hybridized carbons (Fsp3) is 0.857. The van der Waals surface area contributed by atoms with Crippen LogP contribution in [0.4, 0.5) is 0 Å². The van der Waals surface area contributed by atoms with Crippen molar-refractivity contribution in [1.29, 1.82) is 0 Å². The van der Waals surface area contributed by atoms with Gasteiger partial charge in [-0.25, -0.2) is 0 Å². The molecule has 1 aliphatic heterocycles. The Hall–Kier alpha value is -0.275. The Labute approximate surface area is 105 Å². The summed E-state index contributed by atoms with van der Waals surface area (Å²) in [6.07, 6.45) is 7.81. The van der Waals surface area contributed by atoms with Crippen molar-refractivity contribution in [2.45, 2.75) is 64.6 Å². The molecule has 0 aromatic rings. The predicted molar refractivity (Wildman–Crippen MR) is 69.6 cm³/mol. The molecular weight excluding hydrogens is 211 g/mol. The third kappa shape index (κ3) is 1.79. The van der Waals surface area contributed by atoms with Gasteiger partial charge < -0.3 is 9.31 Å². The fourth-order valence-electron chi connectivity index (χ4n) is 3.35. The summed E-state index contributed by atoms with van der Waals surface area (Å²) in [5.74, 6) is 1.69. The summed E-state index contributed by atoms with van der Waals surface area (Å²) >= 11 is 0. The molecule has 2 aliphatic carbocycles. The molecule has 3 rings (SSSR count). The van der Waals surface area contributed by atoms with Gasteiger partial charge in [0.05, 0.1) is 11.2 Å². The molecule has 2 fully saturated rings. The first kappa shape index (κ1) is 11.8. The standard InChI is InChI=1S/C14H23BO2/c1-13(2)14(3,4)17-15(16-13)12-8-10-6-5-7-11(10)9-12/h8,10-11H,5-7,9H2,1-4H3/t10-,11+/m1/s1. The van der Waals surface area contributed by atoms with Crippen molar-refractivity contribution in [1.82, 2.24) is 0 Å². The monoisotopic (exact) mass is 234 g/mol. The quantitative estimate of drug-likeness (QED) is 0.647. The minimum absolute atomic E-state index is 0.0920. The highest BCUT2D eigenvalue weighted by molar-refractivity contribution is 6.54. The van der Waals surface area contributed by atoms with Crippen molar-refractivity contribution in [3.05, 3.63) is 11.5 Å². The first-order valence-corrected chi connectivity index (χ1v) is 6.95. The SMILES string of the molecule is CC1(C)OB(C2=C[C@H]3CCC[C@H]3C2)OC1(C)C. The molecule has 1 heterocycles. The van der Waals surface area contributed by atoms with E-state index in [0.29, 0.717) is 0 Å². The summed E-state index contributed by atoms with van der Waals surface area (Å²) in [7, 11) is -0.0920. The number of rotatable bonds is 1. The highest BCUT2D eigenvalue weighted by Gasteiger charge is 2.53. The normalized spacial score (nSPS) is 38.4. The molecule has 3 heteroatoms. The molecule has 0 unspecified atom stereocenters. The van der Waals surface area contributed by atoms with Crippen molar-refractivity contribution >= 4 is 7.12 Å². The molecule has 0 spiro atoms. The molecule has 0 amide bonds. The van der Waals surface area contributed by atoms with Crippen LogP contribution in [-0.2, 0) is 9.31 Å². The van der Waals surface area contributed by atoms with Crippen LogP contribution in [-0.4, -0.2) is 18.3 Å². The van der Waals surface area contributed by atoms with Crippen LogP contribution in [0, 0.1) is 11.8 Å². The van der Waals surface area contributed by atoms with Gasteiger partial charge in [-0.3, -0.25) is 0 Å². The van der Waals surface area contributed by atoms with Gasteiger partial charge in [-0.05, 0) is 64.3 Å². The smallest absolute Gasteiger partial charge is 0.400 e. The summed E-state index contributed by atoms with van der Waals surface area (Å²) < 4.78 is 12.2. The van der Waals surface area contributed by atoms with Crippen LogP contribution >= 0.6 is 0 Å². The molecule has 2 atom stereocenters. The maximum Gasteiger partial charge on any atom is 0.490 e. The van der Waals surface area contributed by atoms with Gasteiger partial charge in [0.25, 0.3) is 0 Å². The van der Waals surface area contributed by atoms with E-state index in [-0.39, 0.29) is 18.3 Å². The average Bonchev–Trinajstić information content (AvgIpc) is 2.77. The summed E-state index contributed by atoms with van der Waals surface area (Å²) in [4.78, 5) is 0. The van der Waals surface area contributed by atoms with Crippen LogP contribution in [0.3, 0.4) is 0 Å². The molecule has 0 bridgehead atoms. The van der Waals surface area contributed by atoms with Gasteiger partial charge in [-0.1, -0.05) is 12.5 Å². The Morgan fingerprint density at radius 1 is 1.12 bits per heavy atom. The maximum absolute atomic E-state index is 6.12. The number of hydrogen-bond acceptors (Lipinski definition) is 2. The van der Waals surface area contributed by atoms with E-state index >= 15 is 0 Å². The molecule has 0 aromatic heterocycles. The van der Waals surface area contributed by atoms with Gasteiger partial charge in [-0.2, -0.15) is 0 Å². The van der Waals surface area contributed by atoms with E-state index < -0.39 is 0 Å². The third-order valence-corrected chi connectivity index (χ3v) is 5.20. The second-order valence-corrected chi connectivity index (χ2v) is 6.89. The molecule has 3 aliphatic rings. The van der Waals surface area contributed by atoms with Crippen LogP contribution in [0.1, 0.15) is 53.4 Å². The maximum atomic E-state index is 6.12. The molecule has 2 nitrogen and oxygen atoms in total. The molecule has 0 aromatic carbocycles. The van der Waals surface area contributed by atoms with E-state index in [1.807, 2.05) is 0 Å². The molecule has 94 valence electrons. The van der Waals surface area contributed by atoms with Crippen molar-refractivity contribution in [3.63, 3.8) is 0 Å². The lowest BCUT2D eigenvalue weighted by Gasteiger charge is -2.32. The lowest BCUT2D eigenvalue weighted by molar-refractivity contribution is 0.00578. The topological polar surface area (TPSA) is 18.5 Å². The van der Waals surface area contributed by atoms with Gasteiger partial charge in [0, 0.05) is 0 Å². The van der Waals surface area contributed by atoms with E-state index in [0.717, 1.165) is 11.8 Å². The van der Waals surface area contributed by atoms with Gasteiger partial charge in [0.15, 0.2) is 0 Å². The zero-order chi connectivity index (χ0) is 12.3. The Morgan fingerprint density at radius 3 is 2.35 bits per heavy atom. The number of hydrogen-bond donors (Lipinski definition) is 0. The Balaban J connectivity index is 1.76. The highest BCUT2D eigenvalue weighted by Crippen LogP contribution is 2.46. The molecule has 1 saturated heterocycles. The Kier molecular flexibility index (Phi) is 2.51. The van der Waals surface area contributed by atoms with Crippen LogP contribution in [0.15, 0.2) is 11.5 Å². The molecule has 17 heavy (non-hydrogen) atoms. The van der Waals surface area contributed by atoms with E-state index in [9.17, 15) is 0 Å². The average molecular weight is 234 g/mol. The Morgan fingerprint density at radius 2 is 1.76 bits per heavy atom. The first-order valence-electron chi connectivity index (χ1n) is 6.95. The van der Waals surface area contributed by atoms with Crippen LogP contribution in [0.5, 0.6) is 0 Å². The second kappa shape index (κ2) is 3.61. The van der Waals surface area contributed by atoms with Gasteiger partial charge in [-0.15, -0.1) is 0 Å². The van der Waals surface area contributed by atoms with Crippen LogP contribution in [0.2, 0.25) is 0 Å². The van der Waals surface area contributed by atoms with Gasteiger partial charge >= 0.3 is 7.12 Å². The van der Waals surface area contributed by atoms with Crippen LogP contribution < -0.4 is 0 Å². The summed E-state index contributed by atoms with van der Waals surface area (Å²) in [5.41, 5.74) is 1.00. The van der Waals surface area contributed by atoms with Gasteiger partial charge in [0.2, 0.25) is 0 Å². The van der Waals surface area contributed by atoms with Gasteiger partial charge in [0.1, 0.15) is 0 Å². The minimum Gasteiger partial charge on any atom is -0.400 e. The zero-order valence-electron chi connectivity index (χ0n) is 11.5. The van der Waals surface area contributed by atoms with E-state index in [2.05, 4.69) is 33.8 Å². The van der Waals surface area contributed by atoms with Crippen LogP contribution in [0.25, 0.3) is 0 Å². The van der Waals surface area contributed by atoms with Crippen molar-refractivity contribution < 1.29 is 9.31 Å². The number of allylic oxidation sites excluding steroid dienone is 2. The Bertz CT molecular complexity index is 343. The first-order chi connectivity index (χ1) is 7.89. The molecule has 0 N–H and O–H groups in total. The van der Waals surface area contributed by atoms with E-state index in [1.165, 1.54) is 31.2 Å². The van der Waals surface area contributed by atoms with Crippen molar-refractivity contribution in [3.8, 4) is 0 Å². The third-order valence-electron chi connectivity index (χ3n) is 5.20. The number of fused-ring (bicyclic) bond motifs is 1. The summed E-state index contributed by atoms with van der Waals surface area (Å²) in [6.45, 7) is 8.51. The fourth-order valence-corrected chi connectivity index (χ4v) is 3.35. The highest BCUT2D eigenvalue weighted by atomic mass is 16.7. The lowest BCUT2D eigenvalue weighted by Crippen LogP contribution is -2.41. The van der Waals surface area contributed by atoms with Crippen molar-refractivity contribution in [2.24, 2.45) is 11.8 Å². The molecule has 1 saturated carbocycles. The zero-order valence-corrected chi connectivity index (χ0v) is 11.5. The largest absolute Gasteiger partial charge is 0.490 e. The predicted octanol–water partition coefficient (Wildman–Crippen LogP) is 3.36. The van der Waals surface area contributed by atoms with E-state index in [1.54, 1.807) is 0 Å². The minimum atomic E-state index is -0.198.